The zero-order valence-corrected chi connectivity index (χ0v) is 14.3. The van der Waals surface area contributed by atoms with Crippen LogP contribution in [0.2, 0.25) is 4.34 Å². The molecule has 5 heteroatoms. The fourth-order valence-electron chi connectivity index (χ4n) is 2.75. The number of aryl methyl sites for hydroxylation is 1. The maximum absolute atomic E-state index is 11.9. The highest BCUT2D eigenvalue weighted by atomic mass is 35.5. The van der Waals surface area contributed by atoms with Crippen LogP contribution in [0.15, 0.2) is 12.1 Å². The molecule has 1 aliphatic heterocycles. The molecule has 1 aromatic rings. The van der Waals surface area contributed by atoms with Gasteiger partial charge < -0.3 is 10.2 Å². The molecule has 21 heavy (non-hydrogen) atoms. The van der Waals surface area contributed by atoms with Crippen molar-refractivity contribution in [3.05, 3.63) is 21.3 Å². The number of carbonyl (C=O) groups is 1. The summed E-state index contributed by atoms with van der Waals surface area (Å²) in [4.78, 5) is 15.6. The minimum Gasteiger partial charge on any atom is -0.356 e. The fourth-order valence-corrected chi connectivity index (χ4v) is 3.83. The van der Waals surface area contributed by atoms with E-state index in [-0.39, 0.29) is 5.91 Å². The van der Waals surface area contributed by atoms with E-state index >= 15 is 0 Å². The van der Waals surface area contributed by atoms with Crippen LogP contribution in [0.25, 0.3) is 0 Å². The lowest BCUT2D eigenvalue weighted by Gasteiger charge is -2.29. The zero-order valence-electron chi connectivity index (χ0n) is 12.7. The van der Waals surface area contributed by atoms with E-state index in [0.717, 1.165) is 23.8 Å². The number of piperidine rings is 1. The molecule has 1 N–H and O–H groups in total. The highest BCUT2D eigenvalue weighted by Crippen LogP contribution is 2.22. The summed E-state index contributed by atoms with van der Waals surface area (Å²) >= 11 is 7.44. The summed E-state index contributed by atoms with van der Waals surface area (Å²) < 4.78 is 0.792. The maximum Gasteiger partial charge on any atom is 0.220 e. The Kier molecular flexibility index (Phi) is 7.00. The molecule has 0 radical (unpaired) electrons. The summed E-state index contributed by atoms with van der Waals surface area (Å²) in [6, 6.07) is 3.89. The van der Waals surface area contributed by atoms with Crippen LogP contribution >= 0.6 is 22.9 Å². The first kappa shape index (κ1) is 16.8. The predicted molar refractivity (Wildman–Crippen MR) is 90.1 cm³/mol. The monoisotopic (exact) mass is 328 g/mol. The van der Waals surface area contributed by atoms with Crippen LogP contribution in [0.1, 0.15) is 37.5 Å². The molecule has 0 bridgehead atoms. The molecule has 1 amide bonds. The largest absolute Gasteiger partial charge is 0.356 e. The number of thiophene rings is 1. The van der Waals surface area contributed by atoms with Crippen molar-refractivity contribution in [3.8, 4) is 0 Å². The van der Waals surface area contributed by atoms with E-state index < -0.39 is 0 Å². The highest BCUT2D eigenvalue weighted by Gasteiger charge is 2.14. The SMILES string of the molecule is C[C@H](CNC(=O)CCc1ccc(Cl)s1)CN1CCCCC1. The van der Waals surface area contributed by atoms with Crippen molar-refractivity contribution in [1.82, 2.24) is 10.2 Å². The third-order valence-electron chi connectivity index (χ3n) is 3.89. The van der Waals surface area contributed by atoms with E-state index in [0.29, 0.717) is 12.3 Å². The van der Waals surface area contributed by atoms with Crippen LogP contribution < -0.4 is 5.32 Å². The van der Waals surface area contributed by atoms with E-state index in [1.165, 1.54) is 37.2 Å². The van der Waals surface area contributed by atoms with Gasteiger partial charge >= 0.3 is 0 Å². The van der Waals surface area contributed by atoms with Gasteiger partial charge in [-0.2, -0.15) is 0 Å². The third-order valence-corrected chi connectivity index (χ3v) is 5.18. The first-order valence-electron chi connectivity index (χ1n) is 7.87. The second kappa shape index (κ2) is 8.76. The van der Waals surface area contributed by atoms with E-state index in [9.17, 15) is 4.79 Å². The summed E-state index contributed by atoms with van der Waals surface area (Å²) in [6.07, 6.45) is 5.34. The Labute approximate surface area is 136 Å². The predicted octanol–water partition coefficient (Wildman–Crippen LogP) is 3.57. The van der Waals surface area contributed by atoms with Gasteiger partial charge in [-0.05, 0) is 50.4 Å². The van der Waals surface area contributed by atoms with Crippen LogP contribution in [-0.4, -0.2) is 37.0 Å². The fraction of sp³-hybridized carbons (Fsp3) is 0.688. The van der Waals surface area contributed by atoms with Crippen molar-refractivity contribution in [2.24, 2.45) is 5.92 Å². The molecular formula is C16H25ClN2OS. The van der Waals surface area contributed by atoms with Crippen molar-refractivity contribution < 1.29 is 4.79 Å². The number of halogens is 1. The van der Waals surface area contributed by atoms with Crippen LogP contribution in [0.4, 0.5) is 0 Å². The van der Waals surface area contributed by atoms with Crippen molar-refractivity contribution >= 4 is 28.8 Å². The van der Waals surface area contributed by atoms with Crippen LogP contribution in [-0.2, 0) is 11.2 Å². The van der Waals surface area contributed by atoms with Gasteiger partial charge in [0.25, 0.3) is 0 Å². The standard InChI is InChI=1S/C16H25ClN2OS/c1-13(12-19-9-3-2-4-10-19)11-18-16(20)8-6-14-5-7-15(17)21-14/h5,7,13H,2-4,6,8-12H2,1H3,(H,18,20)/t13-/m1/s1. The second-order valence-corrected chi connectivity index (χ2v) is 7.78. The van der Waals surface area contributed by atoms with Crippen LogP contribution in [0.3, 0.4) is 0 Å². The number of likely N-dealkylation sites (tertiary alicyclic amines) is 1. The Balaban J connectivity index is 1.59. The lowest BCUT2D eigenvalue weighted by molar-refractivity contribution is -0.121. The lowest BCUT2D eigenvalue weighted by atomic mass is 10.1. The highest BCUT2D eigenvalue weighted by molar-refractivity contribution is 7.16. The van der Waals surface area contributed by atoms with Gasteiger partial charge in [0.15, 0.2) is 0 Å². The van der Waals surface area contributed by atoms with E-state index in [4.69, 9.17) is 11.6 Å². The molecule has 0 saturated carbocycles. The molecular weight excluding hydrogens is 304 g/mol. The van der Waals surface area contributed by atoms with Gasteiger partial charge in [0.1, 0.15) is 0 Å². The van der Waals surface area contributed by atoms with Crippen LogP contribution in [0, 0.1) is 5.92 Å². The Hall–Kier alpha value is -0.580. The summed E-state index contributed by atoms with van der Waals surface area (Å²) in [5.41, 5.74) is 0. The Bertz CT molecular complexity index is 443. The second-order valence-electron chi connectivity index (χ2n) is 5.98. The molecule has 2 rings (SSSR count). The van der Waals surface area contributed by atoms with Crippen molar-refractivity contribution in [3.63, 3.8) is 0 Å². The summed E-state index contributed by atoms with van der Waals surface area (Å²) in [7, 11) is 0. The number of nitrogens with zero attached hydrogens (tertiary/aromatic N) is 1. The molecule has 118 valence electrons. The normalized spacial score (nSPS) is 17.6. The van der Waals surface area contributed by atoms with Gasteiger partial charge in [-0.25, -0.2) is 0 Å². The van der Waals surface area contributed by atoms with Crippen molar-refractivity contribution in [2.45, 2.75) is 39.0 Å². The van der Waals surface area contributed by atoms with Crippen molar-refractivity contribution in [1.29, 1.82) is 0 Å². The van der Waals surface area contributed by atoms with Crippen LogP contribution in [0.5, 0.6) is 0 Å². The quantitative estimate of drug-likeness (QED) is 0.829. The first-order chi connectivity index (χ1) is 10.1. The molecule has 0 spiro atoms. The topological polar surface area (TPSA) is 32.3 Å². The van der Waals surface area contributed by atoms with Crippen molar-refractivity contribution in [2.75, 3.05) is 26.2 Å². The molecule has 1 saturated heterocycles. The maximum atomic E-state index is 11.9. The molecule has 0 aromatic carbocycles. The minimum atomic E-state index is 0.144. The average molecular weight is 329 g/mol. The number of rotatable bonds is 7. The van der Waals surface area contributed by atoms with Gasteiger partial charge in [-0.3, -0.25) is 4.79 Å². The van der Waals surface area contributed by atoms with E-state index in [1.54, 1.807) is 11.3 Å². The summed E-state index contributed by atoms with van der Waals surface area (Å²) in [5.74, 6) is 0.660. The lowest BCUT2D eigenvalue weighted by Crippen LogP contribution is -2.38. The number of nitrogens with one attached hydrogen (secondary N) is 1. The van der Waals surface area contributed by atoms with Gasteiger partial charge in [0, 0.05) is 24.4 Å². The average Bonchev–Trinajstić information content (AvgIpc) is 2.90. The van der Waals surface area contributed by atoms with Gasteiger partial charge in [-0.1, -0.05) is 24.9 Å². The van der Waals surface area contributed by atoms with Gasteiger partial charge in [-0.15, -0.1) is 11.3 Å². The summed E-state index contributed by atoms with van der Waals surface area (Å²) in [6.45, 7) is 6.53. The van der Waals surface area contributed by atoms with E-state index in [1.807, 2.05) is 12.1 Å². The molecule has 1 fully saturated rings. The number of amides is 1. The Morgan fingerprint density at radius 1 is 1.38 bits per heavy atom. The third kappa shape index (κ3) is 6.37. The molecule has 1 aliphatic rings. The number of carbonyl (C=O) groups excluding carboxylic acids is 1. The zero-order chi connectivity index (χ0) is 15.1. The molecule has 1 aromatic heterocycles. The summed E-state index contributed by atoms with van der Waals surface area (Å²) in [5, 5.41) is 3.06. The first-order valence-corrected chi connectivity index (χ1v) is 9.06. The molecule has 0 unspecified atom stereocenters. The Morgan fingerprint density at radius 2 is 2.14 bits per heavy atom. The van der Waals surface area contributed by atoms with Gasteiger partial charge in [0.05, 0.1) is 4.34 Å². The Morgan fingerprint density at radius 3 is 2.81 bits per heavy atom. The van der Waals surface area contributed by atoms with Gasteiger partial charge in [0.2, 0.25) is 5.91 Å². The molecule has 0 aliphatic carbocycles. The smallest absolute Gasteiger partial charge is 0.220 e. The number of hydrogen-bond donors (Lipinski definition) is 1. The molecule has 3 nitrogen and oxygen atoms in total. The molecule has 1 atom stereocenters. The minimum absolute atomic E-state index is 0.144. The molecule has 2 heterocycles. The number of hydrogen-bond acceptors (Lipinski definition) is 3. The van der Waals surface area contributed by atoms with E-state index in [2.05, 4.69) is 17.1 Å².